The standard InChI is InChI=1S/C11H22O2.C3H9NO/c1-6-8-9(3)11(4,7-2)10(12)13-5;1-3(5)2-4/h9H,6-8H2,1-5H3;3,5H,2,4H2,1H3. The predicted molar refractivity (Wildman–Crippen MR) is 75.2 cm³/mol. The van der Waals surface area contributed by atoms with Gasteiger partial charge < -0.3 is 15.6 Å². The highest BCUT2D eigenvalue weighted by molar-refractivity contribution is 5.76. The van der Waals surface area contributed by atoms with Crippen molar-refractivity contribution in [3.63, 3.8) is 0 Å². The molecule has 0 saturated carbocycles. The van der Waals surface area contributed by atoms with Crippen LogP contribution in [0.25, 0.3) is 0 Å². The smallest absolute Gasteiger partial charge is 0.311 e. The Morgan fingerprint density at radius 2 is 1.83 bits per heavy atom. The quantitative estimate of drug-likeness (QED) is 0.720. The zero-order valence-corrected chi connectivity index (χ0v) is 12.8. The van der Waals surface area contributed by atoms with Crippen LogP contribution in [0.2, 0.25) is 0 Å². The highest BCUT2D eigenvalue weighted by atomic mass is 16.5. The molecule has 0 heterocycles. The first-order valence-electron chi connectivity index (χ1n) is 6.76. The van der Waals surface area contributed by atoms with E-state index in [-0.39, 0.29) is 17.5 Å². The van der Waals surface area contributed by atoms with Crippen LogP contribution in [0.3, 0.4) is 0 Å². The normalized spacial score (nSPS) is 16.9. The van der Waals surface area contributed by atoms with E-state index < -0.39 is 0 Å². The molecule has 18 heavy (non-hydrogen) atoms. The van der Waals surface area contributed by atoms with E-state index >= 15 is 0 Å². The molecule has 0 aliphatic heterocycles. The Hall–Kier alpha value is -0.610. The van der Waals surface area contributed by atoms with Crippen molar-refractivity contribution in [2.45, 2.75) is 60.0 Å². The summed E-state index contributed by atoms with van der Waals surface area (Å²) in [6.45, 7) is 10.3. The largest absolute Gasteiger partial charge is 0.469 e. The molecule has 0 aromatic rings. The minimum absolute atomic E-state index is 0.0732. The van der Waals surface area contributed by atoms with Gasteiger partial charge in [-0.05, 0) is 32.6 Å². The summed E-state index contributed by atoms with van der Waals surface area (Å²) < 4.78 is 4.83. The zero-order valence-electron chi connectivity index (χ0n) is 12.8. The van der Waals surface area contributed by atoms with Gasteiger partial charge in [0.05, 0.1) is 18.6 Å². The number of rotatable bonds is 6. The molecule has 3 N–H and O–H groups in total. The summed E-state index contributed by atoms with van der Waals surface area (Å²) in [5.74, 6) is 0.325. The Balaban J connectivity index is 0. The summed E-state index contributed by atoms with van der Waals surface area (Å²) in [6, 6.07) is 0. The zero-order chi connectivity index (χ0) is 14.8. The number of aliphatic hydroxyl groups excluding tert-OH is 1. The molecule has 0 aromatic carbocycles. The van der Waals surface area contributed by atoms with Crippen LogP contribution in [0.15, 0.2) is 0 Å². The van der Waals surface area contributed by atoms with Crippen molar-refractivity contribution in [2.24, 2.45) is 17.1 Å². The van der Waals surface area contributed by atoms with Crippen LogP contribution in [-0.2, 0) is 9.53 Å². The van der Waals surface area contributed by atoms with E-state index in [4.69, 9.17) is 15.6 Å². The molecule has 4 nitrogen and oxygen atoms in total. The Labute approximate surface area is 112 Å². The molecular formula is C14H31NO3. The fourth-order valence-electron chi connectivity index (χ4n) is 1.68. The number of carbonyl (C=O) groups is 1. The topological polar surface area (TPSA) is 72.5 Å². The summed E-state index contributed by atoms with van der Waals surface area (Å²) in [7, 11) is 1.47. The summed E-state index contributed by atoms with van der Waals surface area (Å²) in [6.07, 6.45) is 2.71. The van der Waals surface area contributed by atoms with Crippen LogP contribution in [0.5, 0.6) is 0 Å². The number of ether oxygens (including phenoxy) is 1. The molecule has 3 unspecified atom stereocenters. The second-order valence-electron chi connectivity index (χ2n) is 5.04. The Bertz CT molecular complexity index is 219. The van der Waals surface area contributed by atoms with Gasteiger partial charge in [-0.2, -0.15) is 0 Å². The van der Waals surface area contributed by atoms with Gasteiger partial charge in [0.15, 0.2) is 0 Å². The summed E-state index contributed by atoms with van der Waals surface area (Å²) in [5, 5.41) is 8.24. The molecule has 0 aromatic heterocycles. The van der Waals surface area contributed by atoms with Crippen LogP contribution >= 0.6 is 0 Å². The van der Waals surface area contributed by atoms with Gasteiger partial charge in [-0.15, -0.1) is 0 Å². The third kappa shape index (κ3) is 6.97. The molecule has 0 rings (SSSR count). The third-order valence-corrected chi connectivity index (χ3v) is 3.54. The number of aliphatic hydroxyl groups is 1. The lowest BCUT2D eigenvalue weighted by molar-refractivity contribution is -0.155. The lowest BCUT2D eigenvalue weighted by Gasteiger charge is -2.31. The molecule has 0 aliphatic rings. The molecule has 0 amide bonds. The van der Waals surface area contributed by atoms with Crippen molar-refractivity contribution in [3.05, 3.63) is 0 Å². The summed E-state index contributed by atoms with van der Waals surface area (Å²) in [5.41, 5.74) is 4.62. The minimum Gasteiger partial charge on any atom is -0.469 e. The highest BCUT2D eigenvalue weighted by Gasteiger charge is 2.37. The van der Waals surface area contributed by atoms with E-state index in [0.717, 1.165) is 19.3 Å². The van der Waals surface area contributed by atoms with Gasteiger partial charge in [-0.1, -0.05) is 27.2 Å². The fraction of sp³-hybridized carbons (Fsp3) is 0.929. The monoisotopic (exact) mass is 261 g/mol. The van der Waals surface area contributed by atoms with Gasteiger partial charge in [0, 0.05) is 6.54 Å². The summed E-state index contributed by atoms with van der Waals surface area (Å²) >= 11 is 0. The third-order valence-electron chi connectivity index (χ3n) is 3.54. The molecule has 0 spiro atoms. The van der Waals surface area contributed by atoms with Crippen LogP contribution in [0.4, 0.5) is 0 Å². The number of methoxy groups -OCH3 is 1. The maximum absolute atomic E-state index is 11.6. The molecule has 0 fully saturated rings. The van der Waals surface area contributed by atoms with Gasteiger partial charge in [0.2, 0.25) is 0 Å². The van der Waals surface area contributed by atoms with E-state index in [9.17, 15) is 4.79 Å². The molecule has 0 aliphatic carbocycles. The number of nitrogens with two attached hydrogens (primary N) is 1. The Kier molecular flexibility index (Phi) is 11.3. The first kappa shape index (κ1) is 19.7. The molecule has 3 atom stereocenters. The SMILES string of the molecule is CC(O)CN.CCCC(C)C(C)(CC)C(=O)OC. The van der Waals surface area contributed by atoms with Crippen LogP contribution in [0, 0.1) is 11.3 Å². The van der Waals surface area contributed by atoms with Gasteiger partial charge >= 0.3 is 5.97 Å². The maximum atomic E-state index is 11.6. The summed E-state index contributed by atoms with van der Waals surface area (Å²) in [4.78, 5) is 11.6. The van der Waals surface area contributed by atoms with Crippen molar-refractivity contribution in [1.82, 2.24) is 0 Å². The van der Waals surface area contributed by atoms with E-state index in [0.29, 0.717) is 12.5 Å². The van der Waals surface area contributed by atoms with Gasteiger partial charge in [-0.3, -0.25) is 4.79 Å². The number of hydrogen-bond acceptors (Lipinski definition) is 4. The molecule has 4 heteroatoms. The van der Waals surface area contributed by atoms with Crippen molar-refractivity contribution < 1.29 is 14.6 Å². The number of hydrogen-bond donors (Lipinski definition) is 2. The van der Waals surface area contributed by atoms with Crippen molar-refractivity contribution in [2.75, 3.05) is 13.7 Å². The average Bonchev–Trinajstić information content (AvgIpc) is 2.37. The molecule has 0 radical (unpaired) electrons. The lowest BCUT2D eigenvalue weighted by Crippen LogP contribution is -2.35. The highest BCUT2D eigenvalue weighted by Crippen LogP contribution is 2.35. The molecular weight excluding hydrogens is 230 g/mol. The van der Waals surface area contributed by atoms with Crippen LogP contribution < -0.4 is 5.73 Å². The van der Waals surface area contributed by atoms with E-state index in [1.54, 1.807) is 6.92 Å². The molecule has 110 valence electrons. The molecule has 0 bridgehead atoms. The average molecular weight is 261 g/mol. The van der Waals surface area contributed by atoms with E-state index in [2.05, 4.69) is 13.8 Å². The number of carbonyl (C=O) groups excluding carboxylic acids is 1. The first-order valence-corrected chi connectivity index (χ1v) is 6.76. The Morgan fingerprint density at radius 3 is 2.06 bits per heavy atom. The van der Waals surface area contributed by atoms with Gasteiger partial charge in [-0.25, -0.2) is 0 Å². The Morgan fingerprint density at radius 1 is 1.39 bits per heavy atom. The predicted octanol–water partition coefficient (Wildman–Crippen LogP) is 2.34. The second-order valence-corrected chi connectivity index (χ2v) is 5.04. The van der Waals surface area contributed by atoms with E-state index in [1.165, 1.54) is 7.11 Å². The second kappa shape index (κ2) is 10.3. The van der Waals surface area contributed by atoms with Gasteiger partial charge in [0.1, 0.15) is 0 Å². The maximum Gasteiger partial charge on any atom is 0.311 e. The fourth-order valence-corrected chi connectivity index (χ4v) is 1.68. The molecule has 0 saturated heterocycles. The first-order chi connectivity index (χ1) is 8.29. The van der Waals surface area contributed by atoms with Crippen molar-refractivity contribution in [3.8, 4) is 0 Å². The van der Waals surface area contributed by atoms with Crippen molar-refractivity contribution in [1.29, 1.82) is 0 Å². The number of esters is 1. The lowest BCUT2D eigenvalue weighted by atomic mass is 9.74. The van der Waals surface area contributed by atoms with Crippen LogP contribution in [-0.4, -0.2) is 30.8 Å². The minimum atomic E-state index is -0.338. The van der Waals surface area contributed by atoms with Gasteiger partial charge in [0.25, 0.3) is 0 Å². The van der Waals surface area contributed by atoms with Crippen molar-refractivity contribution >= 4 is 5.97 Å². The van der Waals surface area contributed by atoms with Crippen LogP contribution in [0.1, 0.15) is 53.9 Å². The van der Waals surface area contributed by atoms with E-state index in [1.807, 2.05) is 13.8 Å².